The molecule has 0 saturated heterocycles. The van der Waals surface area contributed by atoms with Gasteiger partial charge in [-0.1, -0.05) is 29.8 Å². The highest BCUT2D eigenvalue weighted by Crippen LogP contribution is 2.34. The van der Waals surface area contributed by atoms with Gasteiger partial charge in [0.2, 0.25) is 0 Å². The van der Waals surface area contributed by atoms with E-state index in [0.29, 0.717) is 0 Å². The zero-order chi connectivity index (χ0) is 15.7. The van der Waals surface area contributed by atoms with Gasteiger partial charge in [-0.05, 0) is 59.4 Å². The number of amides is 1. The van der Waals surface area contributed by atoms with Crippen LogP contribution in [0.25, 0.3) is 5.57 Å². The minimum Gasteiger partial charge on any atom is -0.263 e. The van der Waals surface area contributed by atoms with Crippen LogP contribution in [0.4, 0.5) is 4.39 Å². The first-order chi connectivity index (χ1) is 10.6. The second-order valence-electron chi connectivity index (χ2n) is 5.05. The van der Waals surface area contributed by atoms with E-state index >= 15 is 0 Å². The number of rotatable bonds is 2. The Morgan fingerprint density at radius 2 is 2.00 bits per heavy atom. The number of carbonyl (C=O) groups excluding carboxylic acids is 1. The fourth-order valence-electron chi connectivity index (χ4n) is 2.65. The first-order valence-corrected chi connectivity index (χ1v) is 7.14. The normalized spacial score (nSPS) is 13.3. The Kier molecular flexibility index (Phi) is 3.86. The van der Waals surface area contributed by atoms with E-state index in [2.05, 4.69) is 5.18 Å². The van der Waals surface area contributed by atoms with Crippen LogP contribution in [0.3, 0.4) is 0 Å². The Balaban J connectivity index is 2.12. The maximum atomic E-state index is 13.3. The standard InChI is InChI=1S/C17H11ClFNO2/c18-15-9-11(6-7-16(15)19)13-3-1-2-10-4-5-12(8-14(10)13)17(21)20-22/h3-9H,1-2H2. The number of carbonyl (C=O) groups is 1. The van der Waals surface area contributed by atoms with E-state index in [0.717, 1.165) is 35.1 Å². The summed E-state index contributed by atoms with van der Waals surface area (Å²) in [5, 5.41) is 2.50. The number of halogens is 2. The molecule has 0 bridgehead atoms. The summed E-state index contributed by atoms with van der Waals surface area (Å²) in [6.07, 6.45) is 3.71. The highest BCUT2D eigenvalue weighted by molar-refractivity contribution is 6.30. The Bertz CT molecular complexity index is 814. The van der Waals surface area contributed by atoms with Gasteiger partial charge in [-0.25, -0.2) is 4.39 Å². The van der Waals surface area contributed by atoms with Gasteiger partial charge >= 0.3 is 5.91 Å². The lowest BCUT2D eigenvalue weighted by Gasteiger charge is -2.19. The van der Waals surface area contributed by atoms with Gasteiger partial charge in [0.25, 0.3) is 0 Å². The molecule has 0 saturated carbocycles. The van der Waals surface area contributed by atoms with Crippen molar-refractivity contribution < 1.29 is 9.18 Å². The van der Waals surface area contributed by atoms with Crippen molar-refractivity contribution in [3.8, 4) is 0 Å². The Morgan fingerprint density at radius 1 is 1.18 bits per heavy atom. The third-order valence-corrected chi connectivity index (χ3v) is 4.01. The number of nitroso groups, excluding NO2 is 1. The van der Waals surface area contributed by atoms with Gasteiger partial charge in [0.15, 0.2) is 0 Å². The lowest BCUT2D eigenvalue weighted by Crippen LogP contribution is -2.04. The van der Waals surface area contributed by atoms with Crippen LogP contribution < -0.4 is 0 Å². The first kappa shape index (κ1) is 14.6. The van der Waals surface area contributed by atoms with Gasteiger partial charge in [-0.15, -0.1) is 4.91 Å². The van der Waals surface area contributed by atoms with E-state index in [1.54, 1.807) is 24.3 Å². The van der Waals surface area contributed by atoms with E-state index < -0.39 is 11.7 Å². The predicted octanol–water partition coefficient (Wildman–Crippen LogP) is 4.76. The molecule has 0 radical (unpaired) electrons. The number of benzene rings is 2. The molecule has 110 valence electrons. The summed E-state index contributed by atoms with van der Waals surface area (Å²) in [5.41, 5.74) is 3.82. The predicted molar refractivity (Wildman–Crippen MR) is 83.4 cm³/mol. The van der Waals surface area contributed by atoms with Crippen molar-refractivity contribution in [2.45, 2.75) is 12.8 Å². The summed E-state index contributed by atoms with van der Waals surface area (Å²) in [6, 6.07) is 9.60. The van der Waals surface area contributed by atoms with E-state index in [1.807, 2.05) is 12.1 Å². The van der Waals surface area contributed by atoms with Gasteiger partial charge in [0.1, 0.15) is 5.82 Å². The molecule has 2 aromatic carbocycles. The van der Waals surface area contributed by atoms with Crippen LogP contribution in [0, 0.1) is 10.7 Å². The number of hydrogen-bond donors (Lipinski definition) is 0. The maximum Gasteiger partial charge on any atom is 0.316 e. The monoisotopic (exact) mass is 315 g/mol. The smallest absolute Gasteiger partial charge is 0.263 e. The molecule has 0 aliphatic heterocycles. The van der Waals surface area contributed by atoms with Crippen molar-refractivity contribution in [3.63, 3.8) is 0 Å². The lowest BCUT2D eigenvalue weighted by molar-refractivity contribution is 0.100. The van der Waals surface area contributed by atoms with Gasteiger partial charge in [0.05, 0.1) is 5.02 Å². The summed E-state index contributed by atoms with van der Waals surface area (Å²) in [4.78, 5) is 21.9. The molecule has 0 N–H and O–H groups in total. The van der Waals surface area contributed by atoms with Crippen molar-refractivity contribution in [2.75, 3.05) is 0 Å². The number of hydrogen-bond acceptors (Lipinski definition) is 2. The molecule has 0 fully saturated rings. The largest absolute Gasteiger partial charge is 0.316 e. The second kappa shape index (κ2) is 5.81. The highest BCUT2D eigenvalue weighted by atomic mass is 35.5. The van der Waals surface area contributed by atoms with Crippen LogP contribution >= 0.6 is 11.6 Å². The minimum absolute atomic E-state index is 0.0484. The molecule has 5 heteroatoms. The molecule has 0 aromatic heterocycles. The topological polar surface area (TPSA) is 46.5 Å². The average molecular weight is 316 g/mol. The highest BCUT2D eigenvalue weighted by Gasteiger charge is 2.17. The quantitative estimate of drug-likeness (QED) is 0.750. The van der Waals surface area contributed by atoms with Crippen LogP contribution in [0.5, 0.6) is 0 Å². The molecule has 3 nitrogen and oxygen atoms in total. The zero-order valence-corrected chi connectivity index (χ0v) is 12.2. The summed E-state index contributed by atoms with van der Waals surface area (Å²) >= 11 is 5.85. The molecule has 0 spiro atoms. The van der Waals surface area contributed by atoms with Crippen LogP contribution in [0.15, 0.2) is 47.7 Å². The molecule has 22 heavy (non-hydrogen) atoms. The van der Waals surface area contributed by atoms with Gasteiger partial charge in [-0.2, -0.15) is 0 Å². The molecule has 0 atom stereocenters. The third-order valence-electron chi connectivity index (χ3n) is 3.72. The van der Waals surface area contributed by atoms with Crippen molar-refractivity contribution in [1.82, 2.24) is 0 Å². The van der Waals surface area contributed by atoms with E-state index in [4.69, 9.17) is 11.6 Å². The van der Waals surface area contributed by atoms with Crippen LogP contribution in [-0.2, 0) is 6.42 Å². The Hall–Kier alpha value is -2.33. The molecule has 1 aliphatic carbocycles. The average Bonchev–Trinajstić information content (AvgIpc) is 2.55. The fourth-order valence-corrected chi connectivity index (χ4v) is 2.83. The van der Waals surface area contributed by atoms with Gasteiger partial charge < -0.3 is 0 Å². The van der Waals surface area contributed by atoms with Crippen LogP contribution in [0.2, 0.25) is 5.02 Å². The van der Waals surface area contributed by atoms with Crippen molar-refractivity contribution in [2.24, 2.45) is 5.18 Å². The molecule has 0 unspecified atom stereocenters. The molecule has 0 heterocycles. The van der Waals surface area contributed by atoms with Crippen molar-refractivity contribution in [1.29, 1.82) is 0 Å². The van der Waals surface area contributed by atoms with Gasteiger partial charge in [-0.3, -0.25) is 4.79 Å². The minimum atomic E-state index is -0.801. The summed E-state index contributed by atoms with van der Waals surface area (Å²) in [5.74, 6) is -1.28. The number of aryl methyl sites for hydroxylation is 1. The van der Waals surface area contributed by atoms with Gasteiger partial charge in [0, 0.05) is 10.7 Å². The van der Waals surface area contributed by atoms with E-state index in [1.165, 1.54) is 6.07 Å². The zero-order valence-electron chi connectivity index (χ0n) is 11.5. The number of fused-ring (bicyclic) bond motifs is 1. The first-order valence-electron chi connectivity index (χ1n) is 6.76. The van der Waals surface area contributed by atoms with Crippen LogP contribution in [-0.4, -0.2) is 5.91 Å². The molecular weight excluding hydrogens is 305 g/mol. The maximum absolute atomic E-state index is 13.3. The fraction of sp³-hybridized carbons (Fsp3) is 0.118. The summed E-state index contributed by atoms with van der Waals surface area (Å²) in [6.45, 7) is 0. The number of nitrogens with zero attached hydrogens (tertiary/aromatic N) is 1. The lowest BCUT2D eigenvalue weighted by atomic mass is 9.86. The van der Waals surface area contributed by atoms with Crippen molar-refractivity contribution in [3.05, 3.63) is 80.5 Å². The molecular formula is C17H11ClFNO2. The Morgan fingerprint density at radius 3 is 2.73 bits per heavy atom. The summed E-state index contributed by atoms with van der Waals surface area (Å²) in [7, 11) is 0. The SMILES string of the molecule is O=NC(=O)c1ccc2c(c1)C(c1ccc(F)c(Cl)c1)=CCC2. The van der Waals surface area contributed by atoms with Crippen molar-refractivity contribution >= 4 is 23.1 Å². The molecule has 1 aliphatic rings. The van der Waals surface area contributed by atoms with E-state index in [9.17, 15) is 14.1 Å². The molecule has 1 amide bonds. The van der Waals surface area contributed by atoms with E-state index in [-0.39, 0.29) is 10.6 Å². The third kappa shape index (κ3) is 2.57. The number of allylic oxidation sites excluding steroid dienone is 1. The Labute approximate surface area is 131 Å². The van der Waals surface area contributed by atoms with Crippen LogP contribution in [0.1, 0.15) is 33.5 Å². The second-order valence-corrected chi connectivity index (χ2v) is 5.46. The molecule has 2 aromatic rings. The summed E-state index contributed by atoms with van der Waals surface area (Å²) < 4.78 is 13.3. The molecule has 3 rings (SSSR count).